The Morgan fingerprint density at radius 1 is 1.38 bits per heavy atom. The molecule has 3 atom stereocenters. The lowest BCUT2D eigenvalue weighted by Crippen LogP contribution is -2.47. The molecule has 21 heavy (non-hydrogen) atoms. The number of amides is 1. The third-order valence-electron chi connectivity index (χ3n) is 4.23. The van der Waals surface area contributed by atoms with Crippen LogP contribution in [0.15, 0.2) is 0 Å². The van der Waals surface area contributed by atoms with Crippen LogP contribution in [0.1, 0.15) is 39.5 Å². The maximum atomic E-state index is 12.6. The molecule has 2 fully saturated rings. The van der Waals surface area contributed by atoms with Crippen molar-refractivity contribution in [3.63, 3.8) is 0 Å². The highest BCUT2D eigenvalue weighted by Crippen LogP contribution is 2.45. The Hall–Kier alpha value is -0.750. The van der Waals surface area contributed by atoms with E-state index in [1.807, 2.05) is 0 Å². The van der Waals surface area contributed by atoms with Crippen molar-refractivity contribution in [3.8, 4) is 0 Å². The molecule has 0 radical (unpaired) electrons. The second-order valence-electron chi connectivity index (χ2n) is 6.65. The number of aliphatic carboxylic acids is 1. The zero-order chi connectivity index (χ0) is 15.6. The van der Waals surface area contributed by atoms with Crippen LogP contribution < -0.4 is 5.73 Å². The highest BCUT2D eigenvalue weighted by Gasteiger charge is 2.47. The number of nitrogens with two attached hydrogens (primary N) is 1. The van der Waals surface area contributed by atoms with Crippen LogP contribution in [0.4, 0.5) is 0 Å². The maximum Gasteiger partial charge on any atom is 0.327 e. The topological polar surface area (TPSA) is 83.6 Å². The van der Waals surface area contributed by atoms with Crippen LogP contribution in [0.3, 0.4) is 0 Å². The SMILES string of the molecule is CC(C)C[C@H](CN)CC(=O)N1C(C(=O)O)CSC1C1CC1. The average Bonchev–Trinajstić information content (AvgIpc) is 3.15. The number of rotatable bonds is 7. The molecule has 1 heterocycles. The minimum absolute atomic E-state index is 0.0274. The van der Waals surface area contributed by atoms with E-state index in [2.05, 4.69) is 13.8 Å². The number of nitrogens with zero attached hydrogens (tertiary/aromatic N) is 1. The number of thioether (sulfide) groups is 1. The molecule has 1 aliphatic heterocycles. The van der Waals surface area contributed by atoms with Gasteiger partial charge < -0.3 is 15.7 Å². The molecule has 2 aliphatic rings. The molecule has 1 amide bonds. The lowest BCUT2D eigenvalue weighted by Gasteiger charge is -2.29. The minimum Gasteiger partial charge on any atom is -0.480 e. The Kier molecular flexibility index (Phi) is 5.54. The van der Waals surface area contributed by atoms with Crippen LogP contribution in [0.25, 0.3) is 0 Å². The molecule has 5 nitrogen and oxygen atoms in total. The normalized spacial score (nSPS) is 27.1. The van der Waals surface area contributed by atoms with E-state index in [1.165, 1.54) is 0 Å². The van der Waals surface area contributed by atoms with E-state index in [9.17, 15) is 14.7 Å². The van der Waals surface area contributed by atoms with Crippen molar-refractivity contribution in [1.82, 2.24) is 4.90 Å². The van der Waals surface area contributed by atoms with Gasteiger partial charge in [0.2, 0.25) is 5.91 Å². The first-order valence-corrected chi connectivity index (χ1v) is 8.84. The number of carboxylic acid groups (broad SMARTS) is 1. The molecule has 0 aromatic carbocycles. The van der Waals surface area contributed by atoms with Gasteiger partial charge in [-0.2, -0.15) is 0 Å². The molecule has 0 spiro atoms. The molecule has 3 N–H and O–H groups in total. The van der Waals surface area contributed by atoms with Gasteiger partial charge in [0, 0.05) is 12.2 Å². The second kappa shape index (κ2) is 7.01. The Morgan fingerprint density at radius 2 is 2.05 bits per heavy atom. The Morgan fingerprint density at radius 3 is 2.52 bits per heavy atom. The number of carbonyl (C=O) groups is 2. The van der Waals surface area contributed by atoms with Gasteiger partial charge in [0.15, 0.2) is 0 Å². The van der Waals surface area contributed by atoms with Gasteiger partial charge in [-0.15, -0.1) is 11.8 Å². The summed E-state index contributed by atoms with van der Waals surface area (Å²) >= 11 is 1.63. The van der Waals surface area contributed by atoms with E-state index < -0.39 is 12.0 Å². The summed E-state index contributed by atoms with van der Waals surface area (Å²) in [6, 6.07) is -0.662. The lowest BCUT2D eigenvalue weighted by atomic mass is 9.93. The number of hydrogen-bond acceptors (Lipinski definition) is 4. The Bertz CT molecular complexity index is 398. The van der Waals surface area contributed by atoms with Crippen molar-refractivity contribution < 1.29 is 14.7 Å². The van der Waals surface area contributed by atoms with E-state index in [0.717, 1.165) is 19.3 Å². The monoisotopic (exact) mass is 314 g/mol. The molecule has 1 aliphatic carbocycles. The fourth-order valence-corrected chi connectivity index (χ4v) is 4.71. The quantitative estimate of drug-likeness (QED) is 0.748. The molecule has 2 rings (SSSR count). The predicted molar refractivity (Wildman–Crippen MR) is 83.9 cm³/mol. The number of carboxylic acids is 1. The molecular weight excluding hydrogens is 288 g/mol. The molecule has 0 bridgehead atoms. The van der Waals surface area contributed by atoms with Crippen LogP contribution in [-0.4, -0.2) is 45.6 Å². The van der Waals surface area contributed by atoms with Gasteiger partial charge in [-0.3, -0.25) is 4.79 Å². The summed E-state index contributed by atoms with van der Waals surface area (Å²) in [5.41, 5.74) is 5.78. The van der Waals surface area contributed by atoms with Crippen molar-refractivity contribution in [2.45, 2.75) is 50.9 Å². The summed E-state index contributed by atoms with van der Waals surface area (Å²) in [7, 11) is 0. The molecule has 1 saturated carbocycles. The van der Waals surface area contributed by atoms with Gasteiger partial charge in [0.25, 0.3) is 0 Å². The third kappa shape index (κ3) is 4.13. The number of hydrogen-bond donors (Lipinski definition) is 2. The molecule has 2 unspecified atom stereocenters. The Labute approximate surface area is 130 Å². The van der Waals surface area contributed by atoms with E-state index in [0.29, 0.717) is 30.6 Å². The van der Waals surface area contributed by atoms with Crippen LogP contribution in [0, 0.1) is 17.8 Å². The fourth-order valence-electron chi connectivity index (χ4n) is 3.06. The summed E-state index contributed by atoms with van der Waals surface area (Å²) in [5, 5.41) is 9.42. The van der Waals surface area contributed by atoms with E-state index in [1.54, 1.807) is 16.7 Å². The first-order valence-electron chi connectivity index (χ1n) is 7.79. The minimum atomic E-state index is -0.882. The first kappa shape index (κ1) is 16.6. The molecule has 0 aromatic heterocycles. The maximum absolute atomic E-state index is 12.6. The van der Waals surface area contributed by atoms with E-state index in [-0.39, 0.29) is 17.2 Å². The summed E-state index contributed by atoms with van der Waals surface area (Å²) in [6.07, 6.45) is 3.51. The van der Waals surface area contributed by atoms with Crippen LogP contribution in [0.5, 0.6) is 0 Å². The van der Waals surface area contributed by atoms with Crippen LogP contribution >= 0.6 is 11.8 Å². The molecule has 6 heteroatoms. The standard InChI is InChI=1S/C15H26N2O3S/c1-9(2)5-10(7-16)6-13(18)17-12(15(19)20)8-21-14(17)11-3-4-11/h9-12,14H,3-8,16H2,1-2H3,(H,19,20)/t10-,12?,14?/m0/s1. The molecule has 1 saturated heterocycles. The van der Waals surface area contributed by atoms with E-state index >= 15 is 0 Å². The van der Waals surface area contributed by atoms with Crippen molar-refractivity contribution in [2.24, 2.45) is 23.5 Å². The molecular formula is C15H26N2O3S. The highest BCUT2D eigenvalue weighted by atomic mass is 32.2. The van der Waals surface area contributed by atoms with Crippen molar-refractivity contribution >= 4 is 23.6 Å². The smallest absolute Gasteiger partial charge is 0.327 e. The van der Waals surface area contributed by atoms with Crippen molar-refractivity contribution in [3.05, 3.63) is 0 Å². The van der Waals surface area contributed by atoms with Crippen molar-refractivity contribution in [1.29, 1.82) is 0 Å². The zero-order valence-corrected chi connectivity index (χ0v) is 13.6. The van der Waals surface area contributed by atoms with Crippen molar-refractivity contribution in [2.75, 3.05) is 12.3 Å². The first-order chi connectivity index (χ1) is 9.93. The predicted octanol–water partition coefficient (Wildman–Crippen LogP) is 1.76. The van der Waals surface area contributed by atoms with Gasteiger partial charge in [-0.05, 0) is 43.6 Å². The summed E-state index contributed by atoms with van der Waals surface area (Å²) in [4.78, 5) is 25.7. The highest BCUT2D eigenvalue weighted by molar-refractivity contribution is 8.00. The Balaban J connectivity index is 2.03. The van der Waals surface area contributed by atoms with Gasteiger partial charge in [0.1, 0.15) is 6.04 Å². The van der Waals surface area contributed by atoms with Gasteiger partial charge in [-0.25, -0.2) is 4.79 Å². The zero-order valence-electron chi connectivity index (χ0n) is 12.8. The molecule has 0 aromatic rings. The molecule has 120 valence electrons. The summed E-state index contributed by atoms with van der Waals surface area (Å²) in [5.74, 6) is 0.739. The average molecular weight is 314 g/mol. The van der Waals surface area contributed by atoms with Gasteiger partial charge in [-0.1, -0.05) is 13.8 Å². The lowest BCUT2D eigenvalue weighted by molar-refractivity contribution is -0.149. The van der Waals surface area contributed by atoms with Gasteiger partial charge in [0.05, 0.1) is 5.37 Å². The van der Waals surface area contributed by atoms with Crippen LogP contribution in [0.2, 0.25) is 0 Å². The summed E-state index contributed by atoms with van der Waals surface area (Å²) in [6.45, 7) is 4.72. The summed E-state index contributed by atoms with van der Waals surface area (Å²) < 4.78 is 0. The van der Waals surface area contributed by atoms with E-state index in [4.69, 9.17) is 5.73 Å². The second-order valence-corrected chi connectivity index (χ2v) is 7.80. The third-order valence-corrected chi connectivity index (χ3v) is 5.70. The fraction of sp³-hybridized carbons (Fsp3) is 0.867. The van der Waals surface area contributed by atoms with Crippen LogP contribution in [-0.2, 0) is 9.59 Å². The largest absolute Gasteiger partial charge is 0.480 e. The van der Waals surface area contributed by atoms with Gasteiger partial charge >= 0.3 is 5.97 Å². The number of carbonyl (C=O) groups excluding carboxylic acids is 1.